The lowest BCUT2D eigenvalue weighted by Gasteiger charge is -2.36. The molecular formula is C21H23N3O2. The molecule has 0 radical (unpaired) electrons. The van der Waals surface area contributed by atoms with Crippen molar-refractivity contribution in [3.63, 3.8) is 0 Å². The van der Waals surface area contributed by atoms with Crippen LogP contribution in [0.1, 0.15) is 27.5 Å². The summed E-state index contributed by atoms with van der Waals surface area (Å²) in [5, 5.41) is 5.97. The topological polar surface area (TPSA) is 61.4 Å². The minimum absolute atomic E-state index is 0.0225. The van der Waals surface area contributed by atoms with Gasteiger partial charge >= 0.3 is 0 Å². The maximum absolute atomic E-state index is 12.8. The monoisotopic (exact) mass is 349 g/mol. The van der Waals surface area contributed by atoms with Crippen molar-refractivity contribution in [2.75, 3.05) is 26.7 Å². The Morgan fingerprint density at radius 2 is 1.96 bits per heavy atom. The zero-order valence-corrected chi connectivity index (χ0v) is 14.8. The van der Waals surface area contributed by atoms with Crippen LogP contribution in [0.3, 0.4) is 0 Å². The van der Waals surface area contributed by atoms with Gasteiger partial charge in [-0.25, -0.2) is 0 Å². The highest BCUT2D eigenvalue weighted by Crippen LogP contribution is 2.23. The molecule has 2 aromatic rings. The minimum atomic E-state index is -0.127. The van der Waals surface area contributed by atoms with Crippen LogP contribution in [0.15, 0.2) is 60.7 Å². The van der Waals surface area contributed by atoms with Crippen LogP contribution in [0.5, 0.6) is 0 Å². The summed E-state index contributed by atoms with van der Waals surface area (Å²) in [6.45, 7) is 2.06. The zero-order chi connectivity index (χ0) is 18.4. The molecule has 1 aliphatic heterocycles. The van der Waals surface area contributed by atoms with Crippen LogP contribution in [0.4, 0.5) is 0 Å². The highest BCUT2D eigenvalue weighted by molar-refractivity contribution is 5.94. The molecule has 2 N–H and O–H groups in total. The Morgan fingerprint density at radius 3 is 2.73 bits per heavy atom. The smallest absolute Gasteiger partial charge is 0.251 e. The number of nitrogens with zero attached hydrogens (tertiary/aromatic N) is 1. The minimum Gasteiger partial charge on any atom is -0.355 e. The molecule has 3 rings (SSSR count). The van der Waals surface area contributed by atoms with Crippen molar-refractivity contribution in [1.82, 2.24) is 15.5 Å². The Kier molecular flexibility index (Phi) is 5.81. The van der Waals surface area contributed by atoms with Crippen molar-refractivity contribution in [3.8, 4) is 0 Å². The van der Waals surface area contributed by atoms with Crippen LogP contribution in [-0.2, 0) is 4.79 Å². The quantitative estimate of drug-likeness (QED) is 0.832. The van der Waals surface area contributed by atoms with Gasteiger partial charge in [0.15, 0.2) is 0 Å². The van der Waals surface area contributed by atoms with Gasteiger partial charge in [-0.05, 0) is 29.3 Å². The van der Waals surface area contributed by atoms with E-state index in [1.54, 1.807) is 19.2 Å². The van der Waals surface area contributed by atoms with Crippen molar-refractivity contribution in [1.29, 1.82) is 0 Å². The lowest BCUT2D eigenvalue weighted by Crippen LogP contribution is -2.48. The van der Waals surface area contributed by atoms with E-state index in [1.165, 1.54) is 0 Å². The number of carbonyl (C=O) groups excluding carboxylic acids is 2. The second-order valence-electron chi connectivity index (χ2n) is 6.20. The van der Waals surface area contributed by atoms with Gasteiger partial charge < -0.3 is 15.5 Å². The van der Waals surface area contributed by atoms with Gasteiger partial charge in [0.1, 0.15) is 0 Å². The molecule has 1 atom stereocenters. The van der Waals surface area contributed by atoms with Gasteiger partial charge in [-0.15, -0.1) is 0 Å². The van der Waals surface area contributed by atoms with E-state index in [2.05, 4.69) is 10.6 Å². The van der Waals surface area contributed by atoms with Crippen molar-refractivity contribution in [3.05, 3.63) is 77.4 Å². The van der Waals surface area contributed by atoms with Crippen LogP contribution in [-0.4, -0.2) is 43.4 Å². The molecule has 0 bridgehead atoms. The highest BCUT2D eigenvalue weighted by Gasteiger charge is 2.27. The SMILES string of the molecule is CNC(=O)c1cccc([C@H]2CNCCN2C(=O)/C=C/c2ccccc2)c1. The molecule has 1 saturated heterocycles. The van der Waals surface area contributed by atoms with Crippen LogP contribution in [0.2, 0.25) is 0 Å². The third-order valence-electron chi connectivity index (χ3n) is 4.51. The van der Waals surface area contributed by atoms with E-state index >= 15 is 0 Å². The lowest BCUT2D eigenvalue weighted by molar-refractivity contribution is -0.129. The number of hydrogen-bond acceptors (Lipinski definition) is 3. The van der Waals surface area contributed by atoms with Crippen LogP contribution < -0.4 is 10.6 Å². The van der Waals surface area contributed by atoms with Gasteiger partial charge in [-0.3, -0.25) is 9.59 Å². The molecule has 1 aliphatic rings. The second kappa shape index (κ2) is 8.45. The van der Waals surface area contributed by atoms with E-state index in [4.69, 9.17) is 0 Å². The molecule has 0 aromatic heterocycles. The fourth-order valence-corrected chi connectivity index (χ4v) is 3.12. The van der Waals surface area contributed by atoms with Crippen molar-refractivity contribution < 1.29 is 9.59 Å². The summed E-state index contributed by atoms with van der Waals surface area (Å²) in [4.78, 5) is 26.5. The first-order valence-electron chi connectivity index (χ1n) is 8.75. The summed E-state index contributed by atoms with van der Waals surface area (Å²) >= 11 is 0. The average Bonchev–Trinajstić information content (AvgIpc) is 2.72. The van der Waals surface area contributed by atoms with Gasteiger partial charge in [0.2, 0.25) is 5.91 Å². The van der Waals surface area contributed by atoms with E-state index < -0.39 is 0 Å². The number of piperazine rings is 1. The Labute approximate surface area is 153 Å². The second-order valence-corrected chi connectivity index (χ2v) is 6.20. The number of benzene rings is 2. The Bertz CT molecular complexity index is 802. The molecule has 2 aromatic carbocycles. The molecule has 26 heavy (non-hydrogen) atoms. The molecule has 1 heterocycles. The van der Waals surface area contributed by atoms with Gasteiger partial charge in [-0.1, -0.05) is 42.5 Å². The fourth-order valence-electron chi connectivity index (χ4n) is 3.12. The molecule has 1 fully saturated rings. The zero-order valence-electron chi connectivity index (χ0n) is 14.8. The molecular weight excluding hydrogens is 326 g/mol. The molecule has 5 nitrogen and oxygen atoms in total. The van der Waals surface area contributed by atoms with E-state index in [9.17, 15) is 9.59 Å². The van der Waals surface area contributed by atoms with Crippen molar-refractivity contribution >= 4 is 17.9 Å². The normalized spacial score (nSPS) is 17.3. The predicted molar refractivity (Wildman–Crippen MR) is 103 cm³/mol. The number of hydrogen-bond donors (Lipinski definition) is 2. The summed E-state index contributed by atoms with van der Waals surface area (Å²) < 4.78 is 0. The first kappa shape index (κ1) is 17.9. The summed E-state index contributed by atoms with van der Waals surface area (Å²) in [5.41, 5.74) is 2.55. The third-order valence-corrected chi connectivity index (χ3v) is 4.51. The molecule has 134 valence electrons. The van der Waals surface area contributed by atoms with E-state index in [0.717, 1.165) is 17.7 Å². The highest BCUT2D eigenvalue weighted by atomic mass is 16.2. The van der Waals surface area contributed by atoms with Crippen LogP contribution in [0.25, 0.3) is 6.08 Å². The average molecular weight is 349 g/mol. The number of amides is 2. The van der Waals surface area contributed by atoms with E-state index in [0.29, 0.717) is 18.7 Å². The van der Waals surface area contributed by atoms with Gasteiger partial charge in [0.25, 0.3) is 5.91 Å². The Hall–Kier alpha value is -2.92. The maximum Gasteiger partial charge on any atom is 0.251 e. The van der Waals surface area contributed by atoms with Gasteiger partial charge in [0, 0.05) is 38.3 Å². The van der Waals surface area contributed by atoms with Crippen LogP contribution >= 0.6 is 0 Å². The van der Waals surface area contributed by atoms with Gasteiger partial charge in [0.05, 0.1) is 6.04 Å². The standard InChI is InChI=1S/C21H23N3O2/c1-22-21(26)18-9-5-8-17(14-18)19-15-23-12-13-24(19)20(25)11-10-16-6-3-2-4-7-16/h2-11,14,19,23H,12-13,15H2,1H3,(H,22,26)/b11-10+/t19-/m1/s1. The Balaban J connectivity index is 1.80. The van der Waals surface area contributed by atoms with E-state index in [1.807, 2.05) is 59.5 Å². The molecule has 0 aliphatic carbocycles. The largest absolute Gasteiger partial charge is 0.355 e. The molecule has 5 heteroatoms. The first-order chi connectivity index (χ1) is 12.7. The van der Waals surface area contributed by atoms with Crippen molar-refractivity contribution in [2.45, 2.75) is 6.04 Å². The van der Waals surface area contributed by atoms with Crippen LogP contribution in [0, 0.1) is 0 Å². The summed E-state index contributed by atoms with van der Waals surface area (Å²) in [7, 11) is 1.61. The summed E-state index contributed by atoms with van der Waals surface area (Å²) in [5.74, 6) is -0.150. The molecule has 2 amide bonds. The van der Waals surface area contributed by atoms with Crippen molar-refractivity contribution in [2.24, 2.45) is 0 Å². The maximum atomic E-state index is 12.8. The number of carbonyl (C=O) groups is 2. The third kappa shape index (κ3) is 4.18. The molecule has 0 spiro atoms. The first-order valence-corrected chi connectivity index (χ1v) is 8.75. The molecule has 0 saturated carbocycles. The fraction of sp³-hybridized carbons (Fsp3) is 0.238. The Morgan fingerprint density at radius 1 is 1.15 bits per heavy atom. The number of nitrogens with one attached hydrogen (secondary N) is 2. The predicted octanol–water partition coefficient (Wildman–Crippen LogP) is 2.23. The molecule has 0 unspecified atom stereocenters. The lowest BCUT2D eigenvalue weighted by atomic mass is 10.00. The van der Waals surface area contributed by atoms with Gasteiger partial charge in [-0.2, -0.15) is 0 Å². The summed E-state index contributed by atoms with van der Waals surface area (Å²) in [6, 6.07) is 17.1. The van der Waals surface area contributed by atoms with E-state index in [-0.39, 0.29) is 17.9 Å². The summed E-state index contributed by atoms with van der Waals surface area (Å²) in [6.07, 6.45) is 3.46. The number of rotatable bonds is 4.